The fourth-order valence-corrected chi connectivity index (χ4v) is 4.12. The van der Waals surface area contributed by atoms with Gasteiger partial charge in [-0.2, -0.15) is 0 Å². The van der Waals surface area contributed by atoms with Crippen LogP contribution in [-0.4, -0.2) is 35.0 Å². The number of halogens is 1. The number of piperidine rings is 1. The van der Waals surface area contributed by atoms with Crippen molar-refractivity contribution in [1.29, 1.82) is 0 Å². The Morgan fingerprint density at radius 2 is 1.86 bits per heavy atom. The van der Waals surface area contributed by atoms with E-state index in [0.717, 1.165) is 36.9 Å². The summed E-state index contributed by atoms with van der Waals surface area (Å²) in [6.45, 7) is 2.62. The number of likely N-dealkylation sites (tertiary alicyclic amines) is 1. The monoisotopic (exact) mass is 398 g/mol. The molecule has 1 aliphatic rings. The van der Waals surface area contributed by atoms with Crippen LogP contribution in [0.1, 0.15) is 29.6 Å². The Morgan fingerprint density at radius 3 is 2.61 bits per heavy atom. The number of aromatic nitrogens is 1. The van der Waals surface area contributed by atoms with Crippen LogP contribution >= 0.6 is 11.6 Å². The van der Waals surface area contributed by atoms with Crippen LogP contribution in [-0.2, 0) is 6.42 Å². The summed E-state index contributed by atoms with van der Waals surface area (Å²) in [4.78, 5) is 27.0. The van der Waals surface area contributed by atoms with E-state index in [0.29, 0.717) is 28.6 Å². The quantitative estimate of drug-likeness (QED) is 0.645. The van der Waals surface area contributed by atoms with Gasteiger partial charge in [0.05, 0.1) is 5.52 Å². The molecule has 2 aromatic carbocycles. The standard InChI is InChI=1S/C22H23ClN2O3/c23-18-6-7-20-19(15-18)25(22(27)28-20)21(26)10-13-24-11-8-17(9-12-24)14-16-4-2-1-3-5-16/h1-7,15,17H,8-14H2. The van der Waals surface area contributed by atoms with Crippen LogP contribution in [0, 0.1) is 5.92 Å². The minimum atomic E-state index is -0.649. The third kappa shape index (κ3) is 4.21. The molecule has 2 heterocycles. The maximum absolute atomic E-state index is 12.6. The lowest BCUT2D eigenvalue weighted by molar-refractivity contribution is 0.0867. The predicted molar refractivity (Wildman–Crippen MR) is 110 cm³/mol. The average Bonchev–Trinajstić information content (AvgIpc) is 3.03. The van der Waals surface area contributed by atoms with E-state index >= 15 is 0 Å². The summed E-state index contributed by atoms with van der Waals surface area (Å²) in [7, 11) is 0. The summed E-state index contributed by atoms with van der Waals surface area (Å²) < 4.78 is 6.25. The topological polar surface area (TPSA) is 55.5 Å². The van der Waals surface area contributed by atoms with Gasteiger partial charge in [-0.15, -0.1) is 0 Å². The van der Waals surface area contributed by atoms with Crippen molar-refractivity contribution in [2.45, 2.75) is 25.7 Å². The highest BCUT2D eigenvalue weighted by Crippen LogP contribution is 2.22. The molecule has 146 valence electrons. The number of hydrogen-bond donors (Lipinski definition) is 0. The van der Waals surface area contributed by atoms with Crippen LogP contribution in [0.3, 0.4) is 0 Å². The molecule has 0 spiro atoms. The third-order valence-electron chi connectivity index (χ3n) is 5.51. The van der Waals surface area contributed by atoms with E-state index in [2.05, 4.69) is 29.2 Å². The SMILES string of the molecule is O=C(CCN1CCC(Cc2ccccc2)CC1)n1c(=O)oc2ccc(Cl)cc21. The molecule has 4 rings (SSSR count). The molecular formula is C22H23ClN2O3. The fourth-order valence-electron chi connectivity index (χ4n) is 3.95. The van der Waals surface area contributed by atoms with Gasteiger partial charge in [0, 0.05) is 18.0 Å². The van der Waals surface area contributed by atoms with Gasteiger partial charge in [-0.3, -0.25) is 4.79 Å². The smallest absolute Gasteiger partial charge is 0.407 e. The van der Waals surface area contributed by atoms with Crippen molar-refractivity contribution in [2.24, 2.45) is 5.92 Å². The summed E-state index contributed by atoms with van der Waals surface area (Å²) in [6.07, 6.45) is 3.66. The van der Waals surface area contributed by atoms with Gasteiger partial charge in [-0.25, -0.2) is 9.36 Å². The first-order chi connectivity index (χ1) is 13.6. The lowest BCUT2D eigenvalue weighted by atomic mass is 9.90. The van der Waals surface area contributed by atoms with Crippen LogP contribution < -0.4 is 5.76 Å². The largest absolute Gasteiger partial charge is 0.426 e. The van der Waals surface area contributed by atoms with Crippen molar-refractivity contribution < 1.29 is 9.21 Å². The van der Waals surface area contributed by atoms with Gasteiger partial charge in [-0.05, 0) is 62.0 Å². The minimum absolute atomic E-state index is 0.252. The molecule has 1 aromatic heterocycles. The molecule has 0 aliphatic carbocycles. The number of oxazole rings is 1. The zero-order chi connectivity index (χ0) is 19.5. The summed E-state index contributed by atoms with van der Waals surface area (Å²) in [5.74, 6) is -0.210. The summed E-state index contributed by atoms with van der Waals surface area (Å²) >= 11 is 6.00. The van der Waals surface area contributed by atoms with Crippen LogP contribution in [0.2, 0.25) is 5.02 Å². The van der Waals surface area contributed by atoms with Crippen molar-refractivity contribution in [3.8, 4) is 0 Å². The maximum Gasteiger partial charge on any atom is 0.426 e. The zero-order valence-electron chi connectivity index (χ0n) is 15.6. The van der Waals surface area contributed by atoms with Crippen LogP contribution in [0.4, 0.5) is 0 Å². The molecule has 0 amide bonds. The zero-order valence-corrected chi connectivity index (χ0v) is 16.4. The van der Waals surface area contributed by atoms with Crippen molar-refractivity contribution in [1.82, 2.24) is 9.47 Å². The number of nitrogens with zero attached hydrogens (tertiary/aromatic N) is 2. The van der Waals surface area contributed by atoms with Crippen LogP contribution in [0.15, 0.2) is 57.7 Å². The molecular weight excluding hydrogens is 376 g/mol. The number of carbonyl (C=O) groups excluding carboxylic acids is 1. The lowest BCUT2D eigenvalue weighted by Gasteiger charge is -2.31. The van der Waals surface area contributed by atoms with Gasteiger partial charge in [-0.1, -0.05) is 41.9 Å². The number of rotatable bonds is 5. The van der Waals surface area contributed by atoms with Gasteiger partial charge < -0.3 is 9.32 Å². The lowest BCUT2D eigenvalue weighted by Crippen LogP contribution is -2.36. The molecule has 0 bridgehead atoms. The number of hydrogen-bond acceptors (Lipinski definition) is 4. The molecule has 3 aromatic rings. The van der Waals surface area contributed by atoms with Crippen molar-refractivity contribution in [3.05, 3.63) is 69.7 Å². The molecule has 28 heavy (non-hydrogen) atoms. The van der Waals surface area contributed by atoms with Crippen molar-refractivity contribution in [2.75, 3.05) is 19.6 Å². The first-order valence-corrected chi connectivity index (χ1v) is 10.1. The first kappa shape index (κ1) is 19.0. The fraction of sp³-hybridized carbons (Fsp3) is 0.364. The summed E-state index contributed by atoms with van der Waals surface area (Å²) in [5, 5.41) is 0.468. The normalized spacial score (nSPS) is 15.9. The second-order valence-electron chi connectivity index (χ2n) is 7.43. The molecule has 0 unspecified atom stereocenters. The molecule has 1 aliphatic heterocycles. The Balaban J connectivity index is 1.32. The van der Waals surface area contributed by atoms with Gasteiger partial charge in [0.15, 0.2) is 5.58 Å². The Morgan fingerprint density at radius 1 is 1.11 bits per heavy atom. The molecule has 0 N–H and O–H groups in total. The van der Waals surface area contributed by atoms with E-state index in [9.17, 15) is 9.59 Å². The van der Waals surface area contributed by atoms with E-state index in [4.69, 9.17) is 16.0 Å². The highest BCUT2D eigenvalue weighted by molar-refractivity contribution is 6.31. The summed E-state index contributed by atoms with van der Waals surface area (Å²) in [6, 6.07) is 15.4. The van der Waals surface area contributed by atoms with Crippen molar-refractivity contribution >= 4 is 28.6 Å². The van der Waals surface area contributed by atoms with Gasteiger partial charge in [0.25, 0.3) is 0 Å². The number of benzene rings is 2. The van der Waals surface area contributed by atoms with Gasteiger partial charge in [0.1, 0.15) is 0 Å². The van der Waals surface area contributed by atoms with Crippen molar-refractivity contribution in [3.63, 3.8) is 0 Å². The molecule has 0 saturated carbocycles. The number of fused-ring (bicyclic) bond motifs is 1. The maximum atomic E-state index is 12.6. The van der Waals surface area contributed by atoms with Crippen LogP contribution in [0.25, 0.3) is 11.1 Å². The highest BCUT2D eigenvalue weighted by Gasteiger charge is 2.21. The van der Waals surface area contributed by atoms with E-state index < -0.39 is 5.76 Å². The first-order valence-electron chi connectivity index (χ1n) is 9.71. The van der Waals surface area contributed by atoms with Gasteiger partial charge >= 0.3 is 5.76 Å². The third-order valence-corrected chi connectivity index (χ3v) is 5.74. The molecule has 1 fully saturated rings. The Hall–Kier alpha value is -2.37. The van der Waals surface area contributed by atoms with E-state index in [1.165, 1.54) is 5.56 Å². The second-order valence-corrected chi connectivity index (χ2v) is 7.87. The average molecular weight is 399 g/mol. The van der Waals surface area contributed by atoms with Gasteiger partial charge in [0.2, 0.25) is 5.91 Å². The Bertz CT molecular complexity index is 1020. The Labute approximate surface area is 168 Å². The Kier molecular flexibility index (Phi) is 5.64. The minimum Gasteiger partial charge on any atom is -0.407 e. The van der Waals surface area contributed by atoms with Crippen LogP contribution in [0.5, 0.6) is 0 Å². The molecule has 1 saturated heterocycles. The molecule has 6 heteroatoms. The highest BCUT2D eigenvalue weighted by atomic mass is 35.5. The molecule has 0 atom stereocenters. The predicted octanol–water partition coefficient (Wildman–Crippen LogP) is 4.23. The summed E-state index contributed by atoms with van der Waals surface area (Å²) in [5.41, 5.74) is 2.20. The van der Waals surface area contributed by atoms with E-state index in [1.807, 2.05) is 6.07 Å². The second kappa shape index (κ2) is 8.33. The number of carbonyl (C=O) groups is 1. The molecule has 0 radical (unpaired) electrons. The van der Waals surface area contributed by atoms with E-state index in [1.54, 1.807) is 18.2 Å². The molecule has 5 nitrogen and oxygen atoms in total. The van der Waals surface area contributed by atoms with E-state index in [-0.39, 0.29) is 12.3 Å².